The summed E-state index contributed by atoms with van der Waals surface area (Å²) in [5, 5.41) is 14.2. The van der Waals surface area contributed by atoms with Gasteiger partial charge in [-0.1, -0.05) is 0 Å². The molecule has 0 aliphatic heterocycles. The predicted molar refractivity (Wildman–Crippen MR) is 57.7 cm³/mol. The largest absolute Gasteiger partial charge is 0.352 e. The van der Waals surface area contributed by atoms with Crippen molar-refractivity contribution < 1.29 is 0 Å². The molecule has 0 saturated heterocycles. The maximum atomic E-state index is 8.38. The predicted octanol–water partition coefficient (Wildman–Crippen LogP) is 1.28. The molecule has 0 atom stereocenters. The van der Waals surface area contributed by atoms with Gasteiger partial charge in [0.05, 0.1) is 6.07 Å². The third-order valence-corrected chi connectivity index (χ3v) is 1.52. The lowest BCUT2D eigenvalue weighted by Gasteiger charge is -2.08. The monoisotopic (exact) mass is 226 g/mol. The van der Waals surface area contributed by atoms with E-state index in [0.717, 1.165) is 0 Å². The van der Waals surface area contributed by atoms with Gasteiger partial charge in [0, 0.05) is 6.04 Å². The van der Waals surface area contributed by atoms with E-state index in [1.54, 1.807) is 0 Å². The number of halogens is 1. The second-order valence-corrected chi connectivity index (χ2v) is 3.40. The quantitative estimate of drug-likeness (QED) is 0.753. The Labute approximate surface area is 92.7 Å². The maximum Gasteiger partial charge on any atom is 0.229 e. The fourth-order valence-electron chi connectivity index (χ4n) is 0.870. The minimum absolute atomic E-state index is 0.0913. The molecule has 0 bridgehead atoms. The number of hydrogen-bond donors (Lipinski definition) is 2. The molecule has 0 amide bonds. The second-order valence-electron chi connectivity index (χ2n) is 3.06. The second kappa shape index (κ2) is 5.32. The minimum atomic E-state index is 0.0913. The van der Waals surface area contributed by atoms with Crippen LogP contribution in [0.4, 0.5) is 11.9 Å². The molecular weight excluding hydrogens is 216 g/mol. The zero-order valence-electron chi connectivity index (χ0n) is 8.45. The topological polar surface area (TPSA) is 86.5 Å². The van der Waals surface area contributed by atoms with Gasteiger partial charge in [-0.25, -0.2) is 0 Å². The van der Waals surface area contributed by atoms with Crippen LogP contribution in [-0.4, -0.2) is 27.5 Å². The molecule has 0 spiro atoms. The van der Waals surface area contributed by atoms with Crippen LogP contribution in [0, 0.1) is 11.3 Å². The highest BCUT2D eigenvalue weighted by Crippen LogP contribution is 2.09. The van der Waals surface area contributed by atoms with E-state index in [0.29, 0.717) is 11.9 Å². The van der Waals surface area contributed by atoms with Crippen molar-refractivity contribution >= 4 is 23.5 Å². The lowest BCUT2D eigenvalue weighted by molar-refractivity contribution is 0.867. The zero-order valence-corrected chi connectivity index (χ0v) is 9.21. The highest BCUT2D eigenvalue weighted by Gasteiger charge is 2.04. The molecule has 7 heteroatoms. The number of nitrogens with one attached hydrogen (secondary N) is 2. The first-order valence-corrected chi connectivity index (χ1v) is 4.78. The van der Waals surface area contributed by atoms with Crippen molar-refractivity contribution in [2.45, 2.75) is 19.9 Å². The van der Waals surface area contributed by atoms with Crippen molar-refractivity contribution in [3.05, 3.63) is 5.28 Å². The third-order valence-electron chi connectivity index (χ3n) is 1.35. The third kappa shape index (κ3) is 3.95. The average molecular weight is 227 g/mol. The molecule has 0 unspecified atom stereocenters. The van der Waals surface area contributed by atoms with Crippen LogP contribution in [0.25, 0.3) is 0 Å². The van der Waals surface area contributed by atoms with Crippen LogP contribution in [0.15, 0.2) is 0 Å². The molecule has 2 N–H and O–H groups in total. The molecule has 1 aromatic rings. The highest BCUT2D eigenvalue weighted by atomic mass is 35.5. The van der Waals surface area contributed by atoms with Crippen molar-refractivity contribution in [2.75, 3.05) is 17.2 Å². The van der Waals surface area contributed by atoms with Gasteiger partial charge in [0.15, 0.2) is 0 Å². The first kappa shape index (κ1) is 11.5. The Bertz CT molecular complexity index is 372. The molecule has 0 fully saturated rings. The van der Waals surface area contributed by atoms with Gasteiger partial charge in [-0.15, -0.1) is 0 Å². The van der Waals surface area contributed by atoms with Gasteiger partial charge in [-0.05, 0) is 25.4 Å². The van der Waals surface area contributed by atoms with Crippen LogP contribution < -0.4 is 10.6 Å². The first-order chi connectivity index (χ1) is 7.11. The molecule has 0 saturated carbocycles. The first-order valence-electron chi connectivity index (χ1n) is 4.40. The van der Waals surface area contributed by atoms with E-state index in [-0.39, 0.29) is 17.9 Å². The molecule has 0 radical (unpaired) electrons. The fraction of sp³-hybridized carbons (Fsp3) is 0.500. The summed E-state index contributed by atoms with van der Waals surface area (Å²) in [6.45, 7) is 4.04. The normalized spacial score (nSPS) is 9.80. The van der Waals surface area contributed by atoms with Gasteiger partial charge >= 0.3 is 0 Å². The smallest absolute Gasteiger partial charge is 0.229 e. The van der Waals surface area contributed by atoms with Gasteiger partial charge < -0.3 is 10.6 Å². The molecular formula is C8H11ClN6. The average Bonchev–Trinajstić information content (AvgIpc) is 2.12. The SMILES string of the molecule is CC(C)Nc1nc(Cl)nc(NCC#N)n1. The Balaban J connectivity index is 2.81. The summed E-state index contributed by atoms with van der Waals surface area (Å²) >= 11 is 5.69. The van der Waals surface area contributed by atoms with Crippen LogP contribution in [0.1, 0.15) is 13.8 Å². The summed E-state index contributed by atoms with van der Waals surface area (Å²) in [4.78, 5) is 11.7. The lowest BCUT2D eigenvalue weighted by Crippen LogP contribution is -2.14. The van der Waals surface area contributed by atoms with Crippen LogP contribution in [0.2, 0.25) is 5.28 Å². The lowest BCUT2D eigenvalue weighted by atomic mass is 10.4. The summed E-state index contributed by atoms with van der Waals surface area (Å²) in [5.41, 5.74) is 0. The van der Waals surface area contributed by atoms with E-state index in [1.165, 1.54) is 0 Å². The van der Waals surface area contributed by atoms with Crippen LogP contribution in [0.3, 0.4) is 0 Å². The fourth-order valence-corrected chi connectivity index (χ4v) is 1.03. The van der Waals surface area contributed by atoms with Crippen LogP contribution in [-0.2, 0) is 0 Å². The van der Waals surface area contributed by atoms with Crippen molar-refractivity contribution in [3.63, 3.8) is 0 Å². The van der Waals surface area contributed by atoms with Gasteiger partial charge in [-0.3, -0.25) is 0 Å². The number of rotatable bonds is 4. The summed E-state index contributed by atoms with van der Waals surface area (Å²) < 4.78 is 0. The Kier molecular flexibility index (Phi) is 4.06. The van der Waals surface area contributed by atoms with E-state index in [1.807, 2.05) is 19.9 Å². The number of nitriles is 1. The zero-order chi connectivity index (χ0) is 11.3. The van der Waals surface area contributed by atoms with E-state index < -0.39 is 0 Å². The van der Waals surface area contributed by atoms with Gasteiger partial charge in [0.2, 0.25) is 17.2 Å². The van der Waals surface area contributed by atoms with Crippen molar-refractivity contribution in [2.24, 2.45) is 0 Å². The van der Waals surface area contributed by atoms with Crippen LogP contribution in [0.5, 0.6) is 0 Å². The molecule has 1 rings (SSSR count). The summed E-state index contributed by atoms with van der Waals surface area (Å²) in [6.07, 6.45) is 0. The molecule has 0 aliphatic carbocycles. The molecule has 15 heavy (non-hydrogen) atoms. The summed E-state index contributed by atoms with van der Waals surface area (Å²) in [6, 6.07) is 2.12. The number of nitrogens with zero attached hydrogens (tertiary/aromatic N) is 4. The molecule has 0 aliphatic rings. The Morgan fingerprint density at radius 3 is 2.60 bits per heavy atom. The minimum Gasteiger partial charge on any atom is -0.352 e. The number of aromatic nitrogens is 3. The molecule has 0 aromatic carbocycles. The van der Waals surface area contributed by atoms with Gasteiger partial charge in [-0.2, -0.15) is 20.2 Å². The Morgan fingerprint density at radius 1 is 1.33 bits per heavy atom. The highest BCUT2D eigenvalue weighted by molar-refractivity contribution is 6.28. The summed E-state index contributed by atoms with van der Waals surface area (Å²) in [7, 11) is 0. The molecule has 6 nitrogen and oxygen atoms in total. The van der Waals surface area contributed by atoms with E-state index in [9.17, 15) is 0 Å². The van der Waals surface area contributed by atoms with Gasteiger partial charge in [0.25, 0.3) is 0 Å². The molecule has 80 valence electrons. The maximum absolute atomic E-state index is 8.38. The molecule has 1 aromatic heterocycles. The Morgan fingerprint density at radius 2 is 2.00 bits per heavy atom. The molecule has 1 heterocycles. The van der Waals surface area contributed by atoms with Crippen molar-refractivity contribution in [1.82, 2.24) is 15.0 Å². The van der Waals surface area contributed by atoms with E-state index >= 15 is 0 Å². The van der Waals surface area contributed by atoms with E-state index in [4.69, 9.17) is 16.9 Å². The number of anilines is 2. The summed E-state index contributed by atoms with van der Waals surface area (Å²) in [5.74, 6) is 0.685. The van der Waals surface area contributed by atoms with Crippen molar-refractivity contribution in [3.8, 4) is 6.07 Å². The standard InChI is InChI=1S/C8H11ClN6/c1-5(2)12-8-14-6(9)13-7(15-8)11-4-3-10/h5H,4H2,1-2H3,(H2,11,12,13,14,15). The van der Waals surface area contributed by atoms with Crippen molar-refractivity contribution in [1.29, 1.82) is 5.26 Å². The Hall–Kier alpha value is -1.61. The van der Waals surface area contributed by atoms with E-state index in [2.05, 4.69) is 25.6 Å². The number of hydrogen-bond acceptors (Lipinski definition) is 6. The van der Waals surface area contributed by atoms with Gasteiger partial charge in [0.1, 0.15) is 6.54 Å². The van der Waals surface area contributed by atoms with Crippen LogP contribution >= 0.6 is 11.6 Å².